The third-order valence-corrected chi connectivity index (χ3v) is 3.31. The molecular weight excluding hydrogens is 234 g/mol. The standard InChI is InChI=1S/C12H9N3OS/c13-10-9(8-4-2-1-3-5-8)11(16)15-6-7-17-12(15)14-10/h1-7H,13H2. The molecule has 0 radical (unpaired) electrons. The Balaban J connectivity index is 2.40. The molecule has 0 saturated carbocycles. The third-order valence-electron chi connectivity index (χ3n) is 2.56. The van der Waals surface area contributed by atoms with Gasteiger partial charge in [-0.15, -0.1) is 11.3 Å². The summed E-state index contributed by atoms with van der Waals surface area (Å²) < 4.78 is 1.52. The molecule has 3 rings (SSSR count). The fourth-order valence-electron chi connectivity index (χ4n) is 1.77. The van der Waals surface area contributed by atoms with Gasteiger partial charge in [0, 0.05) is 11.6 Å². The fourth-order valence-corrected chi connectivity index (χ4v) is 2.49. The lowest BCUT2D eigenvalue weighted by Gasteiger charge is -2.04. The first kappa shape index (κ1) is 10.0. The number of anilines is 1. The van der Waals surface area contributed by atoms with Gasteiger partial charge in [-0.1, -0.05) is 30.3 Å². The van der Waals surface area contributed by atoms with Crippen LogP contribution in [-0.4, -0.2) is 9.38 Å². The third kappa shape index (κ3) is 1.52. The summed E-state index contributed by atoms with van der Waals surface area (Å²) in [6.45, 7) is 0. The van der Waals surface area contributed by atoms with Gasteiger partial charge in [-0.25, -0.2) is 4.98 Å². The van der Waals surface area contributed by atoms with Gasteiger partial charge in [0.2, 0.25) is 0 Å². The minimum atomic E-state index is -0.125. The van der Waals surface area contributed by atoms with Crippen molar-refractivity contribution in [1.29, 1.82) is 0 Å². The lowest BCUT2D eigenvalue weighted by molar-refractivity contribution is 1.09. The summed E-state index contributed by atoms with van der Waals surface area (Å²) in [4.78, 5) is 17.1. The first-order valence-corrected chi connectivity index (χ1v) is 5.96. The van der Waals surface area contributed by atoms with Gasteiger partial charge in [-0.2, -0.15) is 0 Å². The largest absolute Gasteiger partial charge is 0.383 e. The van der Waals surface area contributed by atoms with Crippen molar-refractivity contribution in [3.8, 4) is 11.1 Å². The van der Waals surface area contributed by atoms with E-state index in [1.54, 1.807) is 6.20 Å². The maximum atomic E-state index is 12.3. The number of nitrogen functional groups attached to an aromatic ring is 1. The van der Waals surface area contributed by atoms with Crippen LogP contribution in [0.4, 0.5) is 5.82 Å². The highest BCUT2D eigenvalue weighted by atomic mass is 32.1. The normalized spacial score (nSPS) is 10.8. The number of nitrogens with two attached hydrogens (primary N) is 1. The summed E-state index contributed by atoms with van der Waals surface area (Å²) in [5.74, 6) is 0.281. The van der Waals surface area contributed by atoms with E-state index >= 15 is 0 Å². The van der Waals surface area contributed by atoms with E-state index in [1.165, 1.54) is 15.7 Å². The molecule has 0 bridgehead atoms. The molecule has 0 atom stereocenters. The van der Waals surface area contributed by atoms with Crippen molar-refractivity contribution in [1.82, 2.24) is 9.38 Å². The molecule has 0 aliphatic carbocycles. The van der Waals surface area contributed by atoms with E-state index in [4.69, 9.17) is 5.73 Å². The van der Waals surface area contributed by atoms with Crippen molar-refractivity contribution in [2.24, 2.45) is 0 Å². The van der Waals surface area contributed by atoms with Gasteiger partial charge >= 0.3 is 0 Å². The zero-order valence-corrected chi connectivity index (χ0v) is 9.65. The molecule has 0 aliphatic heterocycles. The maximum Gasteiger partial charge on any atom is 0.268 e. The molecule has 4 nitrogen and oxygen atoms in total. The van der Waals surface area contributed by atoms with Crippen LogP contribution in [0.5, 0.6) is 0 Å². The Morgan fingerprint density at radius 2 is 2.00 bits per heavy atom. The number of nitrogens with zero attached hydrogens (tertiary/aromatic N) is 2. The Morgan fingerprint density at radius 1 is 1.24 bits per heavy atom. The van der Waals surface area contributed by atoms with Gasteiger partial charge < -0.3 is 5.73 Å². The van der Waals surface area contributed by atoms with Crippen LogP contribution in [0.25, 0.3) is 16.1 Å². The van der Waals surface area contributed by atoms with Crippen LogP contribution < -0.4 is 11.3 Å². The number of aromatic nitrogens is 2. The number of hydrogen-bond donors (Lipinski definition) is 1. The molecular formula is C12H9N3OS. The molecule has 0 saturated heterocycles. The number of fused-ring (bicyclic) bond motifs is 1. The second-order valence-corrected chi connectivity index (χ2v) is 4.47. The van der Waals surface area contributed by atoms with Gasteiger partial charge in [0.1, 0.15) is 5.82 Å². The second kappa shape index (κ2) is 3.71. The number of benzene rings is 1. The average Bonchev–Trinajstić information content (AvgIpc) is 2.78. The zero-order chi connectivity index (χ0) is 11.8. The zero-order valence-electron chi connectivity index (χ0n) is 8.83. The predicted molar refractivity (Wildman–Crippen MR) is 69.2 cm³/mol. The maximum absolute atomic E-state index is 12.3. The van der Waals surface area contributed by atoms with Crippen molar-refractivity contribution in [2.45, 2.75) is 0 Å². The minimum absolute atomic E-state index is 0.125. The molecule has 17 heavy (non-hydrogen) atoms. The molecule has 0 spiro atoms. The van der Waals surface area contributed by atoms with E-state index in [9.17, 15) is 4.79 Å². The van der Waals surface area contributed by atoms with Crippen LogP contribution in [0.3, 0.4) is 0 Å². The number of hydrogen-bond acceptors (Lipinski definition) is 4. The van der Waals surface area contributed by atoms with Crippen LogP contribution in [-0.2, 0) is 0 Å². The minimum Gasteiger partial charge on any atom is -0.383 e. The molecule has 0 unspecified atom stereocenters. The monoisotopic (exact) mass is 243 g/mol. The molecule has 84 valence electrons. The number of thiazole rings is 1. The van der Waals surface area contributed by atoms with Gasteiger partial charge in [-0.05, 0) is 5.56 Å². The highest BCUT2D eigenvalue weighted by Gasteiger charge is 2.12. The first-order valence-electron chi connectivity index (χ1n) is 5.08. The van der Waals surface area contributed by atoms with Crippen LogP contribution in [0.2, 0.25) is 0 Å². The molecule has 2 heterocycles. The van der Waals surface area contributed by atoms with Crippen LogP contribution >= 0.6 is 11.3 Å². The lowest BCUT2D eigenvalue weighted by Crippen LogP contribution is -2.17. The summed E-state index contributed by atoms with van der Waals surface area (Å²) in [5.41, 5.74) is 6.99. The molecule has 0 amide bonds. The van der Waals surface area contributed by atoms with Crippen molar-refractivity contribution in [2.75, 3.05) is 5.73 Å². The van der Waals surface area contributed by atoms with E-state index in [-0.39, 0.29) is 11.4 Å². The Kier molecular flexibility index (Phi) is 2.19. The molecule has 3 aromatic rings. The van der Waals surface area contributed by atoms with Gasteiger partial charge in [-0.3, -0.25) is 9.20 Å². The highest BCUT2D eigenvalue weighted by molar-refractivity contribution is 7.15. The van der Waals surface area contributed by atoms with E-state index < -0.39 is 0 Å². The average molecular weight is 243 g/mol. The molecule has 0 fully saturated rings. The van der Waals surface area contributed by atoms with Gasteiger partial charge in [0.25, 0.3) is 5.56 Å². The van der Waals surface area contributed by atoms with Crippen molar-refractivity contribution < 1.29 is 0 Å². The predicted octanol–water partition coefficient (Wildman–Crippen LogP) is 2.01. The first-order chi connectivity index (χ1) is 8.27. The fraction of sp³-hybridized carbons (Fsp3) is 0. The molecule has 0 aliphatic rings. The Morgan fingerprint density at radius 3 is 2.76 bits per heavy atom. The lowest BCUT2D eigenvalue weighted by atomic mass is 10.1. The summed E-state index contributed by atoms with van der Waals surface area (Å²) in [5, 5.41) is 1.82. The van der Waals surface area contributed by atoms with E-state index in [0.29, 0.717) is 10.5 Å². The SMILES string of the molecule is Nc1nc2sccn2c(=O)c1-c1ccccc1. The van der Waals surface area contributed by atoms with Crippen molar-refractivity contribution >= 4 is 22.1 Å². The summed E-state index contributed by atoms with van der Waals surface area (Å²) in [7, 11) is 0. The van der Waals surface area contributed by atoms with Crippen molar-refractivity contribution in [3.05, 3.63) is 52.3 Å². The molecule has 5 heteroatoms. The highest BCUT2D eigenvalue weighted by Crippen LogP contribution is 2.21. The molecule has 2 aromatic heterocycles. The van der Waals surface area contributed by atoms with Crippen LogP contribution in [0, 0.1) is 0 Å². The molecule has 2 N–H and O–H groups in total. The second-order valence-electron chi connectivity index (χ2n) is 3.60. The Hall–Kier alpha value is -2.14. The Labute approximate surface area is 101 Å². The smallest absolute Gasteiger partial charge is 0.268 e. The van der Waals surface area contributed by atoms with Gasteiger partial charge in [0.05, 0.1) is 5.56 Å². The van der Waals surface area contributed by atoms with Gasteiger partial charge in [0.15, 0.2) is 4.96 Å². The summed E-state index contributed by atoms with van der Waals surface area (Å²) in [6.07, 6.45) is 1.71. The van der Waals surface area contributed by atoms with Crippen LogP contribution in [0.1, 0.15) is 0 Å². The van der Waals surface area contributed by atoms with E-state index in [1.807, 2.05) is 35.7 Å². The molecule has 1 aromatic carbocycles. The van der Waals surface area contributed by atoms with E-state index in [0.717, 1.165) is 5.56 Å². The topological polar surface area (TPSA) is 60.4 Å². The summed E-state index contributed by atoms with van der Waals surface area (Å²) >= 11 is 1.39. The quantitative estimate of drug-likeness (QED) is 0.711. The number of rotatable bonds is 1. The van der Waals surface area contributed by atoms with E-state index in [2.05, 4.69) is 4.98 Å². The van der Waals surface area contributed by atoms with Crippen molar-refractivity contribution in [3.63, 3.8) is 0 Å². The van der Waals surface area contributed by atoms with Crippen LogP contribution in [0.15, 0.2) is 46.7 Å². The Bertz CT molecular complexity index is 730. The summed E-state index contributed by atoms with van der Waals surface area (Å²) in [6, 6.07) is 9.35.